The van der Waals surface area contributed by atoms with Gasteiger partial charge in [-0.3, -0.25) is 0 Å². The van der Waals surface area contributed by atoms with Crippen LogP contribution < -0.4 is 0 Å². The summed E-state index contributed by atoms with van der Waals surface area (Å²) in [5, 5.41) is 8.29. The Bertz CT molecular complexity index is 734. The fraction of sp³-hybridized carbons (Fsp3) is 0.500. The molecular formula is C14H16BrClN4O2. The van der Waals surface area contributed by atoms with Crippen LogP contribution in [0.3, 0.4) is 0 Å². The van der Waals surface area contributed by atoms with Crippen LogP contribution in [0.15, 0.2) is 16.7 Å². The van der Waals surface area contributed by atoms with E-state index >= 15 is 0 Å². The van der Waals surface area contributed by atoms with Gasteiger partial charge in [-0.05, 0) is 36.7 Å². The molecule has 0 bridgehead atoms. The van der Waals surface area contributed by atoms with E-state index in [2.05, 4.69) is 30.7 Å². The fourth-order valence-electron chi connectivity index (χ4n) is 2.39. The lowest BCUT2D eigenvalue weighted by Crippen LogP contribution is -2.52. The molecular weight excluding hydrogens is 372 g/mol. The van der Waals surface area contributed by atoms with E-state index in [0.29, 0.717) is 18.2 Å². The number of amides is 1. The normalized spacial score (nSPS) is 16.0. The van der Waals surface area contributed by atoms with Crippen LogP contribution in [0.4, 0.5) is 4.79 Å². The fourth-order valence-corrected chi connectivity index (χ4v) is 3.03. The molecule has 1 aliphatic rings. The van der Waals surface area contributed by atoms with Gasteiger partial charge in [0.2, 0.25) is 0 Å². The molecule has 118 valence electrons. The van der Waals surface area contributed by atoms with Gasteiger partial charge < -0.3 is 14.2 Å². The highest BCUT2D eigenvalue weighted by Crippen LogP contribution is 2.32. The minimum Gasteiger partial charge on any atom is -0.444 e. The summed E-state index contributed by atoms with van der Waals surface area (Å²) in [6.45, 7) is 6.79. The van der Waals surface area contributed by atoms with E-state index < -0.39 is 5.60 Å². The van der Waals surface area contributed by atoms with Crippen molar-refractivity contribution in [2.75, 3.05) is 13.1 Å². The zero-order chi connectivity index (χ0) is 16.1. The summed E-state index contributed by atoms with van der Waals surface area (Å²) in [7, 11) is 0. The molecule has 0 aromatic carbocycles. The molecule has 1 saturated heterocycles. The lowest BCUT2D eigenvalue weighted by Gasteiger charge is -2.40. The third-order valence-electron chi connectivity index (χ3n) is 3.41. The van der Waals surface area contributed by atoms with E-state index in [4.69, 9.17) is 16.3 Å². The van der Waals surface area contributed by atoms with Gasteiger partial charge in [0, 0.05) is 25.4 Å². The first kappa shape index (κ1) is 15.6. The standard InChI is InChI=1S/C14H16BrClN4O2/c1-14(2,3)22-13(21)19-5-8(6-19)20-7-9(15)12-10(20)4-11(16)17-18-12/h4,7-8H,5-6H2,1-3H3. The second kappa shape index (κ2) is 5.38. The van der Waals surface area contributed by atoms with Crippen LogP contribution in [0.25, 0.3) is 11.0 Å². The molecule has 0 aliphatic carbocycles. The third kappa shape index (κ3) is 2.92. The number of carbonyl (C=O) groups excluding carboxylic acids is 1. The number of rotatable bonds is 1. The van der Waals surface area contributed by atoms with Gasteiger partial charge in [0.25, 0.3) is 0 Å². The predicted molar refractivity (Wildman–Crippen MR) is 87.1 cm³/mol. The van der Waals surface area contributed by atoms with E-state index in [-0.39, 0.29) is 12.1 Å². The maximum Gasteiger partial charge on any atom is 0.410 e. The van der Waals surface area contributed by atoms with Crippen LogP contribution in [0.2, 0.25) is 5.15 Å². The number of hydrogen-bond acceptors (Lipinski definition) is 4. The van der Waals surface area contributed by atoms with Gasteiger partial charge in [-0.2, -0.15) is 0 Å². The molecule has 22 heavy (non-hydrogen) atoms. The lowest BCUT2D eigenvalue weighted by atomic mass is 10.1. The SMILES string of the molecule is CC(C)(C)OC(=O)N1CC(n2cc(Br)c3nnc(Cl)cc32)C1. The van der Waals surface area contributed by atoms with Crippen molar-refractivity contribution in [1.82, 2.24) is 19.7 Å². The quantitative estimate of drug-likeness (QED) is 0.749. The molecule has 2 aromatic rings. The molecule has 8 heteroatoms. The highest BCUT2D eigenvalue weighted by molar-refractivity contribution is 9.10. The molecule has 0 unspecified atom stereocenters. The minimum atomic E-state index is -0.478. The Morgan fingerprint density at radius 2 is 2.09 bits per heavy atom. The molecule has 0 atom stereocenters. The van der Waals surface area contributed by atoms with Crippen molar-refractivity contribution in [3.63, 3.8) is 0 Å². The number of halogens is 2. The van der Waals surface area contributed by atoms with Gasteiger partial charge in [-0.15, -0.1) is 10.2 Å². The summed E-state index contributed by atoms with van der Waals surface area (Å²) in [4.78, 5) is 13.7. The van der Waals surface area contributed by atoms with E-state index in [1.807, 2.05) is 27.0 Å². The Balaban J connectivity index is 1.76. The van der Waals surface area contributed by atoms with Crippen LogP contribution in [0.1, 0.15) is 26.8 Å². The smallest absolute Gasteiger partial charge is 0.410 e. The molecule has 1 aliphatic heterocycles. The maximum absolute atomic E-state index is 12.0. The molecule has 0 radical (unpaired) electrons. The van der Waals surface area contributed by atoms with Gasteiger partial charge in [-0.25, -0.2) is 4.79 Å². The molecule has 0 saturated carbocycles. The molecule has 6 nitrogen and oxygen atoms in total. The molecule has 0 N–H and O–H groups in total. The average Bonchev–Trinajstić information content (AvgIpc) is 2.62. The molecule has 1 amide bonds. The Kier molecular flexibility index (Phi) is 3.81. The number of likely N-dealkylation sites (tertiary alicyclic amines) is 1. The predicted octanol–water partition coefficient (Wildman–Crippen LogP) is 3.64. The molecule has 2 aromatic heterocycles. The largest absolute Gasteiger partial charge is 0.444 e. The van der Waals surface area contributed by atoms with E-state index in [1.165, 1.54) is 0 Å². The van der Waals surface area contributed by atoms with Crippen molar-refractivity contribution in [1.29, 1.82) is 0 Å². The number of carbonyl (C=O) groups is 1. The van der Waals surface area contributed by atoms with Crippen molar-refractivity contribution < 1.29 is 9.53 Å². The summed E-state index contributed by atoms with van der Waals surface area (Å²) in [6.07, 6.45) is 1.67. The van der Waals surface area contributed by atoms with Crippen LogP contribution in [-0.4, -0.2) is 44.4 Å². The zero-order valence-electron chi connectivity index (χ0n) is 12.5. The van der Waals surface area contributed by atoms with Crippen molar-refractivity contribution in [2.24, 2.45) is 0 Å². The summed E-state index contributed by atoms with van der Waals surface area (Å²) in [6, 6.07) is 1.96. The Labute approximate surface area is 141 Å². The third-order valence-corrected chi connectivity index (χ3v) is 4.17. The van der Waals surface area contributed by atoms with Crippen molar-refractivity contribution in [3.05, 3.63) is 21.9 Å². The van der Waals surface area contributed by atoms with Gasteiger partial charge in [0.1, 0.15) is 11.1 Å². The van der Waals surface area contributed by atoms with Crippen LogP contribution >= 0.6 is 27.5 Å². The van der Waals surface area contributed by atoms with Gasteiger partial charge in [0.15, 0.2) is 5.15 Å². The van der Waals surface area contributed by atoms with Gasteiger partial charge in [0.05, 0.1) is 16.0 Å². The number of nitrogens with zero attached hydrogens (tertiary/aromatic N) is 4. The summed E-state index contributed by atoms with van der Waals surface area (Å²) in [5.74, 6) is 0. The Hall–Kier alpha value is -1.34. The summed E-state index contributed by atoms with van der Waals surface area (Å²) >= 11 is 9.41. The van der Waals surface area contributed by atoms with Crippen molar-refractivity contribution in [2.45, 2.75) is 32.4 Å². The Morgan fingerprint density at radius 3 is 2.73 bits per heavy atom. The van der Waals surface area contributed by atoms with Crippen LogP contribution in [0, 0.1) is 0 Å². The Morgan fingerprint density at radius 1 is 1.41 bits per heavy atom. The maximum atomic E-state index is 12.0. The molecule has 3 rings (SSSR count). The van der Waals surface area contributed by atoms with Crippen LogP contribution in [-0.2, 0) is 4.74 Å². The highest BCUT2D eigenvalue weighted by Gasteiger charge is 2.35. The second-order valence-electron chi connectivity index (χ2n) is 6.32. The topological polar surface area (TPSA) is 60.2 Å². The lowest BCUT2D eigenvalue weighted by molar-refractivity contribution is 0.00157. The second-order valence-corrected chi connectivity index (χ2v) is 7.57. The van der Waals surface area contributed by atoms with E-state index in [9.17, 15) is 4.79 Å². The first-order valence-corrected chi connectivity index (χ1v) is 8.09. The summed E-state index contributed by atoms with van der Waals surface area (Å²) < 4.78 is 8.30. The van der Waals surface area contributed by atoms with Gasteiger partial charge >= 0.3 is 6.09 Å². The number of ether oxygens (including phenoxy) is 1. The molecule has 3 heterocycles. The molecule has 1 fully saturated rings. The minimum absolute atomic E-state index is 0.182. The number of fused-ring (bicyclic) bond motifs is 1. The molecule has 0 spiro atoms. The number of aromatic nitrogens is 3. The first-order valence-electron chi connectivity index (χ1n) is 6.92. The monoisotopic (exact) mass is 386 g/mol. The van der Waals surface area contributed by atoms with Crippen molar-refractivity contribution in [3.8, 4) is 0 Å². The van der Waals surface area contributed by atoms with E-state index in [1.54, 1.807) is 11.0 Å². The van der Waals surface area contributed by atoms with Gasteiger partial charge in [-0.1, -0.05) is 11.6 Å². The average molecular weight is 388 g/mol. The first-order chi connectivity index (χ1) is 10.2. The number of hydrogen-bond donors (Lipinski definition) is 0. The van der Waals surface area contributed by atoms with Crippen molar-refractivity contribution >= 4 is 44.7 Å². The summed E-state index contributed by atoms with van der Waals surface area (Å²) in [5.41, 5.74) is 1.19. The van der Waals surface area contributed by atoms with E-state index in [0.717, 1.165) is 15.5 Å². The van der Waals surface area contributed by atoms with Crippen LogP contribution in [0.5, 0.6) is 0 Å². The zero-order valence-corrected chi connectivity index (χ0v) is 14.8. The highest BCUT2D eigenvalue weighted by atomic mass is 79.9.